The van der Waals surface area contributed by atoms with Crippen LogP contribution in [0, 0.1) is 0 Å². The molecule has 108 valence electrons. The van der Waals surface area contributed by atoms with Gasteiger partial charge in [0.05, 0.1) is 12.2 Å². The molecule has 0 unspecified atom stereocenters. The first kappa shape index (κ1) is 15.9. The molecular formula is C14H16Br2ClN3. The van der Waals surface area contributed by atoms with E-state index in [9.17, 15) is 0 Å². The van der Waals surface area contributed by atoms with Crippen LogP contribution in [0.5, 0.6) is 0 Å². The van der Waals surface area contributed by atoms with Gasteiger partial charge in [0.25, 0.3) is 0 Å². The minimum absolute atomic E-state index is 0.553. The minimum atomic E-state index is 0.553. The highest BCUT2D eigenvalue weighted by Gasteiger charge is 2.08. The molecule has 2 N–H and O–H groups in total. The zero-order chi connectivity index (χ0) is 14.5. The molecule has 0 aliphatic heterocycles. The lowest BCUT2D eigenvalue weighted by atomic mass is 10.2. The number of aryl methyl sites for hydroxylation is 1. The van der Waals surface area contributed by atoms with Gasteiger partial charge in [0.1, 0.15) is 5.82 Å². The van der Waals surface area contributed by atoms with Crippen LogP contribution in [0.15, 0.2) is 27.1 Å². The third kappa shape index (κ3) is 4.24. The molecule has 0 bridgehead atoms. The number of aromatic amines is 1. The quantitative estimate of drug-likeness (QED) is 0.643. The third-order valence-electron chi connectivity index (χ3n) is 2.93. The first-order chi connectivity index (χ1) is 9.60. The van der Waals surface area contributed by atoms with E-state index in [1.54, 1.807) is 0 Å². The first-order valence-corrected chi connectivity index (χ1v) is 8.48. The van der Waals surface area contributed by atoms with Gasteiger partial charge in [0, 0.05) is 21.1 Å². The molecule has 1 heterocycles. The monoisotopic (exact) mass is 419 g/mol. The zero-order valence-electron chi connectivity index (χ0n) is 11.1. The molecule has 0 fully saturated rings. The average Bonchev–Trinajstić information content (AvgIpc) is 2.76. The predicted molar refractivity (Wildman–Crippen MR) is 91.4 cm³/mol. The van der Waals surface area contributed by atoms with E-state index in [0.717, 1.165) is 45.4 Å². The average molecular weight is 422 g/mol. The highest BCUT2D eigenvalue weighted by molar-refractivity contribution is 9.11. The standard InChI is InChI=1S/C14H16Br2ClN3/c1-2-3-4-13-19-12(14(17)20-13)8-18-11-6-5-9(15)7-10(11)16/h5-7,18H,2-4,8H2,1H3,(H,19,20). The summed E-state index contributed by atoms with van der Waals surface area (Å²) in [6.07, 6.45) is 3.21. The summed E-state index contributed by atoms with van der Waals surface area (Å²) in [6, 6.07) is 6.01. The number of nitrogens with zero attached hydrogens (tertiary/aromatic N) is 1. The molecule has 0 atom stereocenters. The molecule has 0 amide bonds. The Morgan fingerprint density at radius 2 is 2.15 bits per heavy atom. The van der Waals surface area contributed by atoms with Crippen LogP contribution in [0.1, 0.15) is 31.3 Å². The molecule has 6 heteroatoms. The number of halogens is 3. The van der Waals surface area contributed by atoms with Crippen molar-refractivity contribution in [1.29, 1.82) is 0 Å². The summed E-state index contributed by atoms with van der Waals surface area (Å²) in [5.41, 5.74) is 1.95. The van der Waals surface area contributed by atoms with Crippen LogP contribution in [0.25, 0.3) is 0 Å². The van der Waals surface area contributed by atoms with E-state index >= 15 is 0 Å². The third-order valence-corrected chi connectivity index (χ3v) is 4.39. The summed E-state index contributed by atoms with van der Waals surface area (Å²) in [5.74, 6) is 0.962. The molecule has 2 aromatic rings. The molecular weight excluding hydrogens is 405 g/mol. The molecule has 2 rings (SSSR count). The van der Waals surface area contributed by atoms with Gasteiger partial charge in [-0.1, -0.05) is 40.9 Å². The second kappa shape index (κ2) is 7.48. The summed E-state index contributed by atoms with van der Waals surface area (Å²) in [7, 11) is 0. The fraction of sp³-hybridized carbons (Fsp3) is 0.357. The van der Waals surface area contributed by atoms with Gasteiger partial charge in [0.2, 0.25) is 0 Å². The van der Waals surface area contributed by atoms with Crippen molar-refractivity contribution in [1.82, 2.24) is 9.97 Å². The topological polar surface area (TPSA) is 40.7 Å². The molecule has 0 spiro atoms. The van der Waals surface area contributed by atoms with Crippen molar-refractivity contribution in [2.45, 2.75) is 32.7 Å². The predicted octanol–water partition coefficient (Wildman–Crippen LogP) is 5.54. The highest BCUT2D eigenvalue weighted by Crippen LogP contribution is 2.27. The lowest BCUT2D eigenvalue weighted by molar-refractivity contribution is 0.760. The Morgan fingerprint density at radius 3 is 2.85 bits per heavy atom. The molecule has 0 radical (unpaired) electrons. The van der Waals surface area contributed by atoms with Crippen molar-refractivity contribution >= 4 is 49.1 Å². The van der Waals surface area contributed by atoms with E-state index < -0.39 is 0 Å². The minimum Gasteiger partial charge on any atom is -0.378 e. The van der Waals surface area contributed by atoms with Gasteiger partial charge in [0.15, 0.2) is 5.15 Å². The van der Waals surface area contributed by atoms with E-state index in [0.29, 0.717) is 11.7 Å². The lowest BCUT2D eigenvalue weighted by Crippen LogP contribution is -2.01. The number of benzene rings is 1. The summed E-state index contributed by atoms with van der Waals surface area (Å²) in [4.78, 5) is 7.63. The van der Waals surface area contributed by atoms with Crippen molar-refractivity contribution in [3.63, 3.8) is 0 Å². The molecule has 0 saturated carbocycles. The van der Waals surface area contributed by atoms with Gasteiger partial charge in [-0.25, -0.2) is 4.98 Å². The number of anilines is 1. The van der Waals surface area contributed by atoms with Crippen molar-refractivity contribution in [3.05, 3.63) is 43.8 Å². The normalized spacial score (nSPS) is 10.8. The molecule has 0 aliphatic rings. The van der Waals surface area contributed by atoms with Crippen LogP contribution in [0.2, 0.25) is 5.15 Å². The van der Waals surface area contributed by atoms with Crippen molar-refractivity contribution in [3.8, 4) is 0 Å². The van der Waals surface area contributed by atoms with Gasteiger partial charge >= 0.3 is 0 Å². The zero-order valence-corrected chi connectivity index (χ0v) is 15.1. The maximum atomic E-state index is 6.15. The van der Waals surface area contributed by atoms with E-state index in [2.05, 4.69) is 54.1 Å². The SMILES string of the molecule is CCCCc1nc(Cl)c(CNc2ccc(Br)cc2Br)[nH]1. The fourth-order valence-corrected chi connectivity index (χ4v) is 3.24. The second-order valence-corrected chi connectivity index (χ2v) is 6.66. The molecule has 0 aliphatic carbocycles. The fourth-order valence-electron chi connectivity index (χ4n) is 1.84. The maximum Gasteiger partial charge on any atom is 0.152 e. The number of hydrogen-bond acceptors (Lipinski definition) is 2. The highest BCUT2D eigenvalue weighted by atomic mass is 79.9. The van der Waals surface area contributed by atoms with Crippen LogP contribution in [-0.2, 0) is 13.0 Å². The van der Waals surface area contributed by atoms with Crippen LogP contribution in [0.4, 0.5) is 5.69 Å². The molecule has 1 aromatic carbocycles. The van der Waals surface area contributed by atoms with Crippen LogP contribution < -0.4 is 5.32 Å². The first-order valence-electron chi connectivity index (χ1n) is 6.52. The molecule has 3 nitrogen and oxygen atoms in total. The van der Waals surface area contributed by atoms with Gasteiger partial charge in [-0.2, -0.15) is 0 Å². The van der Waals surface area contributed by atoms with Crippen LogP contribution in [0.3, 0.4) is 0 Å². The van der Waals surface area contributed by atoms with Crippen molar-refractivity contribution in [2.24, 2.45) is 0 Å². The van der Waals surface area contributed by atoms with Gasteiger partial charge in [-0.05, 0) is 40.5 Å². The number of unbranched alkanes of at least 4 members (excludes halogenated alkanes) is 1. The van der Waals surface area contributed by atoms with E-state index in [-0.39, 0.29) is 0 Å². The Morgan fingerprint density at radius 1 is 1.35 bits per heavy atom. The van der Waals surface area contributed by atoms with E-state index in [1.807, 2.05) is 18.2 Å². The molecule has 1 aromatic heterocycles. The Hall–Kier alpha value is -0.520. The van der Waals surface area contributed by atoms with Crippen LogP contribution >= 0.6 is 43.5 Å². The number of aromatic nitrogens is 2. The lowest BCUT2D eigenvalue weighted by Gasteiger charge is -2.08. The van der Waals surface area contributed by atoms with E-state index in [1.165, 1.54) is 0 Å². The van der Waals surface area contributed by atoms with Gasteiger partial charge in [-0.3, -0.25) is 0 Å². The van der Waals surface area contributed by atoms with Gasteiger partial charge in [-0.15, -0.1) is 0 Å². The Balaban J connectivity index is 2.01. The van der Waals surface area contributed by atoms with Gasteiger partial charge < -0.3 is 10.3 Å². The molecule has 20 heavy (non-hydrogen) atoms. The van der Waals surface area contributed by atoms with Crippen LogP contribution in [-0.4, -0.2) is 9.97 Å². The largest absolute Gasteiger partial charge is 0.378 e. The Labute approximate surface area is 140 Å². The maximum absolute atomic E-state index is 6.15. The Kier molecular flexibility index (Phi) is 5.93. The van der Waals surface area contributed by atoms with Crippen molar-refractivity contribution < 1.29 is 0 Å². The summed E-state index contributed by atoms with van der Waals surface area (Å²) >= 11 is 13.1. The summed E-state index contributed by atoms with van der Waals surface area (Å²) in [6.45, 7) is 2.79. The molecule has 0 saturated heterocycles. The number of imidazole rings is 1. The van der Waals surface area contributed by atoms with E-state index in [4.69, 9.17) is 11.6 Å². The summed E-state index contributed by atoms with van der Waals surface area (Å²) in [5, 5.41) is 3.90. The number of hydrogen-bond donors (Lipinski definition) is 2. The smallest absolute Gasteiger partial charge is 0.152 e. The summed E-state index contributed by atoms with van der Waals surface area (Å²) < 4.78 is 2.05. The Bertz CT molecular complexity index is 584. The second-order valence-electron chi connectivity index (χ2n) is 4.53. The number of H-pyrrole nitrogens is 1. The number of rotatable bonds is 6. The number of nitrogens with one attached hydrogen (secondary N) is 2. The van der Waals surface area contributed by atoms with Crippen molar-refractivity contribution in [2.75, 3.05) is 5.32 Å².